The first-order valence-electron chi connectivity index (χ1n) is 5.04. The van der Waals surface area contributed by atoms with Crippen molar-refractivity contribution < 1.29 is 14.3 Å². The Labute approximate surface area is 84.2 Å². The van der Waals surface area contributed by atoms with Gasteiger partial charge in [0.1, 0.15) is 0 Å². The number of esters is 1. The molecule has 1 unspecified atom stereocenters. The highest BCUT2D eigenvalue weighted by molar-refractivity contribution is 5.79. The lowest BCUT2D eigenvalue weighted by molar-refractivity contribution is -0.145. The molecule has 1 fully saturated rings. The summed E-state index contributed by atoms with van der Waals surface area (Å²) in [6.45, 7) is 3.20. The largest absolute Gasteiger partial charge is 0.469 e. The minimum Gasteiger partial charge on any atom is -0.469 e. The molecule has 4 heteroatoms. The number of nitrogens with zero attached hydrogens (tertiary/aromatic N) is 1. The van der Waals surface area contributed by atoms with E-state index in [-0.39, 0.29) is 17.8 Å². The molecular weight excluding hydrogens is 182 g/mol. The maximum atomic E-state index is 11.5. The van der Waals surface area contributed by atoms with Gasteiger partial charge in [0.25, 0.3) is 0 Å². The Hall–Kier alpha value is -1.06. The monoisotopic (exact) mass is 199 g/mol. The van der Waals surface area contributed by atoms with Crippen LogP contribution in [0.4, 0.5) is 0 Å². The fraction of sp³-hybridized carbons (Fsp3) is 0.800. The van der Waals surface area contributed by atoms with E-state index < -0.39 is 0 Å². The number of hydrogen-bond acceptors (Lipinski definition) is 3. The molecule has 1 rings (SSSR count). The second-order valence-corrected chi connectivity index (χ2v) is 3.60. The van der Waals surface area contributed by atoms with Crippen molar-refractivity contribution in [3.63, 3.8) is 0 Å². The second-order valence-electron chi connectivity index (χ2n) is 3.60. The summed E-state index contributed by atoms with van der Waals surface area (Å²) in [5.41, 5.74) is 0. The first-order valence-corrected chi connectivity index (χ1v) is 5.04. The Morgan fingerprint density at radius 2 is 2.21 bits per heavy atom. The molecule has 0 aromatic heterocycles. The van der Waals surface area contributed by atoms with Crippen molar-refractivity contribution in [2.24, 2.45) is 5.92 Å². The molecule has 0 N–H and O–H groups in total. The van der Waals surface area contributed by atoms with Crippen molar-refractivity contribution >= 4 is 11.9 Å². The third kappa shape index (κ3) is 2.47. The van der Waals surface area contributed by atoms with Gasteiger partial charge in [0.2, 0.25) is 5.91 Å². The maximum Gasteiger partial charge on any atom is 0.310 e. The van der Waals surface area contributed by atoms with E-state index in [1.54, 1.807) is 4.90 Å². The van der Waals surface area contributed by atoms with E-state index in [2.05, 4.69) is 4.74 Å². The SMILES string of the molecule is CCCC(=O)N1CCC(C(=O)OC)C1. The van der Waals surface area contributed by atoms with Gasteiger partial charge in [-0.2, -0.15) is 0 Å². The summed E-state index contributed by atoms with van der Waals surface area (Å²) in [6.07, 6.45) is 2.17. The number of rotatable bonds is 3. The number of ether oxygens (including phenoxy) is 1. The van der Waals surface area contributed by atoms with Crippen LogP contribution in [0.1, 0.15) is 26.2 Å². The highest BCUT2D eigenvalue weighted by Crippen LogP contribution is 2.18. The average molecular weight is 199 g/mol. The molecule has 0 bridgehead atoms. The van der Waals surface area contributed by atoms with Gasteiger partial charge in [0.15, 0.2) is 0 Å². The number of likely N-dealkylation sites (tertiary alicyclic amines) is 1. The maximum absolute atomic E-state index is 11.5. The molecule has 1 aliphatic rings. The Balaban J connectivity index is 2.41. The van der Waals surface area contributed by atoms with E-state index >= 15 is 0 Å². The molecule has 1 heterocycles. The third-order valence-electron chi connectivity index (χ3n) is 2.54. The van der Waals surface area contributed by atoms with Crippen molar-refractivity contribution in [3.05, 3.63) is 0 Å². The fourth-order valence-corrected chi connectivity index (χ4v) is 1.72. The molecule has 4 nitrogen and oxygen atoms in total. The number of carbonyl (C=O) groups is 2. The highest BCUT2D eigenvalue weighted by Gasteiger charge is 2.30. The molecular formula is C10H17NO3. The van der Waals surface area contributed by atoms with E-state index in [0.29, 0.717) is 19.5 Å². The van der Waals surface area contributed by atoms with Crippen LogP contribution in [0.3, 0.4) is 0 Å². The van der Waals surface area contributed by atoms with Gasteiger partial charge in [-0.05, 0) is 12.8 Å². The van der Waals surface area contributed by atoms with E-state index in [9.17, 15) is 9.59 Å². The molecule has 0 spiro atoms. The zero-order valence-electron chi connectivity index (χ0n) is 8.78. The smallest absolute Gasteiger partial charge is 0.310 e. The normalized spacial score (nSPS) is 21.0. The summed E-state index contributed by atoms with van der Waals surface area (Å²) in [4.78, 5) is 24.4. The highest BCUT2D eigenvalue weighted by atomic mass is 16.5. The number of carbonyl (C=O) groups excluding carboxylic acids is 2. The van der Waals surface area contributed by atoms with Crippen LogP contribution in [0.2, 0.25) is 0 Å². The van der Waals surface area contributed by atoms with Crippen LogP contribution in [-0.4, -0.2) is 37.0 Å². The molecule has 80 valence electrons. The average Bonchev–Trinajstić information content (AvgIpc) is 2.66. The van der Waals surface area contributed by atoms with E-state index in [4.69, 9.17) is 0 Å². The quantitative estimate of drug-likeness (QED) is 0.632. The van der Waals surface area contributed by atoms with Gasteiger partial charge in [-0.15, -0.1) is 0 Å². The van der Waals surface area contributed by atoms with Gasteiger partial charge in [-0.1, -0.05) is 6.92 Å². The predicted molar refractivity (Wildman–Crippen MR) is 51.6 cm³/mol. The van der Waals surface area contributed by atoms with E-state index in [0.717, 1.165) is 12.8 Å². The standard InChI is InChI=1S/C10H17NO3/c1-3-4-9(12)11-6-5-8(7-11)10(13)14-2/h8H,3-7H2,1-2H3. The van der Waals surface area contributed by atoms with Crippen LogP contribution in [0.15, 0.2) is 0 Å². The third-order valence-corrected chi connectivity index (χ3v) is 2.54. The second kappa shape index (κ2) is 4.98. The molecule has 0 aliphatic carbocycles. The number of amides is 1. The summed E-state index contributed by atoms with van der Waals surface area (Å²) < 4.78 is 4.65. The summed E-state index contributed by atoms with van der Waals surface area (Å²) in [7, 11) is 1.39. The minimum atomic E-state index is -0.197. The summed E-state index contributed by atoms with van der Waals surface area (Å²) >= 11 is 0. The summed E-state index contributed by atoms with van der Waals surface area (Å²) in [5.74, 6) is -0.156. The van der Waals surface area contributed by atoms with Crippen molar-refractivity contribution in [2.75, 3.05) is 20.2 Å². The predicted octanol–water partition coefficient (Wildman–Crippen LogP) is 0.808. The molecule has 0 saturated carbocycles. The van der Waals surface area contributed by atoms with Crippen LogP contribution in [0.25, 0.3) is 0 Å². The van der Waals surface area contributed by atoms with Gasteiger partial charge in [0, 0.05) is 19.5 Å². The number of methoxy groups -OCH3 is 1. The van der Waals surface area contributed by atoms with Gasteiger partial charge in [-0.25, -0.2) is 0 Å². The lowest BCUT2D eigenvalue weighted by Gasteiger charge is -2.15. The van der Waals surface area contributed by atoms with Gasteiger partial charge < -0.3 is 9.64 Å². The van der Waals surface area contributed by atoms with Crippen LogP contribution in [0, 0.1) is 5.92 Å². The van der Waals surface area contributed by atoms with Crippen LogP contribution in [0.5, 0.6) is 0 Å². The molecule has 1 saturated heterocycles. The molecule has 14 heavy (non-hydrogen) atoms. The van der Waals surface area contributed by atoms with Gasteiger partial charge >= 0.3 is 5.97 Å². The van der Waals surface area contributed by atoms with Crippen LogP contribution < -0.4 is 0 Å². The van der Waals surface area contributed by atoms with Crippen molar-refractivity contribution in [2.45, 2.75) is 26.2 Å². The van der Waals surface area contributed by atoms with Crippen LogP contribution in [-0.2, 0) is 14.3 Å². The van der Waals surface area contributed by atoms with Gasteiger partial charge in [0.05, 0.1) is 13.0 Å². The Morgan fingerprint density at radius 1 is 1.50 bits per heavy atom. The Kier molecular flexibility index (Phi) is 3.92. The molecule has 0 aromatic carbocycles. The van der Waals surface area contributed by atoms with Crippen molar-refractivity contribution in [1.29, 1.82) is 0 Å². The van der Waals surface area contributed by atoms with E-state index in [1.165, 1.54) is 7.11 Å². The summed E-state index contributed by atoms with van der Waals surface area (Å²) in [5, 5.41) is 0. The fourth-order valence-electron chi connectivity index (χ4n) is 1.72. The Morgan fingerprint density at radius 3 is 2.79 bits per heavy atom. The lowest BCUT2D eigenvalue weighted by Crippen LogP contribution is -2.29. The van der Waals surface area contributed by atoms with Crippen molar-refractivity contribution in [1.82, 2.24) is 4.90 Å². The molecule has 1 aliphatic heterocycles. The summed E-state index contributed by atoms with van der Waals surface area (Å²) in [6, 6.07) is 0. The molecule has 1 amide bonds. The zero-order chi connectivity index (χ0) is 10.6. The topological polar surface area (TPSA) is 46.6 Å². The van der Waals surface area contributed by atoms with E-state index in [1.807, 2.05) is 6.92 Å². The molecule has 1 atom stereocenters. The van der Waals surface area contributed by atoms with Crippen molar-refractivity contribution in [3.8, 4) is 0 Å². The Bertz CT molecular complexity index is 227. The minimum absolute atomic E-state index is 0.110. The van der Waals surface area contributed by atoms with Crippen LogP contribution >= 0.6 is 0 Å². The number of hydrogen-bond donors (Lipinski definition) is 0. The lowest BCUT2D eigenvalue weighted by atomic mass is 10.1. The first-order chi connectivity index (χ1) is 6.69. The first kappa shape index (κ1) is 11.0. The molecule has 0 radical (unpaired) electrons. The molecule has 0 aromatic rings. The van der Waals surface area contributed by atoms with Gasteiger partial charge in [-0.3, -0.25) is 9.59 Å². The zero-order valence-corrected chi connectivity index (χ0v) is 8.78.